The summed E-state index contributed by atoms with van der Waals surface area (Å²) in [7, 11) is 3.23. The topological polar surface area (TPSA) is 64.8 Å². The van der Waals surface area contributed by atoms with Crippen molar-refractivity contribution in [2.45, 2.75) is 12.1 Å². The summed E-state index contributed by atoms with van der Waals surface area (Å²) < 4.78 is 10.4. The highest BCUT2D eigenvalue weighted by molar-refractivity contribution is 6.05. The summed E-state index contributed by atoms with van der Waals surface area (Å²) in [6.45, 7) is 0. The molecule has 1 heterocycles. The molecule has 0 saturated carbocycles. The van der Waals surface area contributed by atoms with Gasteiger partial charge in [0.2, 0.25) is 5.91 Å². The van der Waals surface area contributed by atoms with Gasteiger partial charge in [-0.15, -0.1) is 0 Å². The van der Waals surface area contributed by atoms with Crippen molar-refractivity contribution in [3.8, 4) is 11.5 Å². The average Bonchev–Trinajstić information content (AvgIpc) is 2.58. The number of anilines is 1. The van der Waals surface area contributed by atoms with Crippen molar-refractivity contribution >= 4 is 11.6 Å². The van der Waals surface area contributed by atoms with E-state index in [0.29, 0.717) is 0 Å². The quantitative estimate of drug-likeness (QED) is 0.878. The Balaban J connectivity index is 1.93. The summed E-state index contributed by atoms with van der Waals surface area (Å²) >= 11 is 0. The van der Waals surface area contributed by atoms with Crippen LogP contribution in [0.25, 0.3) is 0 Å². The zero-order valence-corrected chi connectivity index (χ0v) is 12.5. The van der Waals surface area contributed by atoms with Gasteiger partial charge in [-0.05, 0) is 42.0 Å². The minimum atomic E-state index is -0.533. The number of ether oxygens (including phenoxy) is 2. The predicted octanol–water partition coefficient (Wildman–Crippen LogP) is 2.12. The summed E-state index contributed by atoms with van der Waals surface area (Å²) in [5.74, 6) is 1.41. The Morgan fingerprint density at radius 3 is 2.32 bits per heavy atom. The molecule has 0 aliphatic carbocycles. The molecule has 2 atom stereocenters. The molecule has 0 radical (unpaired) electrons. The first kappa shape index (κ1) is 14.4. The third kappa shape index (κ3) is 2.29. The molecule has 2 N–H and O–H groups in total. The Morgan fingerprint density at radius 1 is 1.00 bits per heavy atom. The largest absolute Gasteiger partial charge is 0.497 e. The van der Waals surface area contributed by atoms with Crippen LogP contribution < -0.4 is 20.1 Å². The van der Waals surface area contributed by atoms with Gasteiger partial charge in [-0.1, -0.05) is 12.1 Å². The van der Waals surface area contributed by atoms with Crippen LogP contribution in [0.15, 0.2) is 48.5 Å². The summed E-state index contributed by atoms with van der Waals surface area (Å²) in [5.41, 5.74) is 7.78. The molecule has 5 heteroatoms. The van der Waals surface area contributed by atoms with Gasteiger partial charge in [0, 0.05) is 5.69 Å². The van der Waals surface area contributed by atoms with Crippen LogP contribution in [-0.4, -0.2) is 26.2 Å². The van der Waals surface area contributed by atoms with E-state index in [4.69, 9.17) is 15.2 Å². The standard InChI is InChI=1S/C17H18N2O3/c1-21-13-8-6-12(7-9-13)19-16(15(18)17(19)20)11-4-3-5-14(10-11)22-2/h3-10,15-16H,18H2,1-2H3/t15-,16+/m0/s1. The van der Waals surface area contributed by atoms with Gasteiger partial charge < -0.3 is 20.1 Å². The SMILES string of the molecule is COc1ccc(N2C(=O)[C@@H](N)[C@H]2c2cccc(OC)c2)cc1. The van der Waals surface area contributed by atoms with Crippen molar-refractivity contribution in [1.82, 2.24) is 0 Å². The molecule has 2 aromatic carbocycles. The van der Waals surface area contributed by atoms with Gasteiger partial charge >= 0.3 is 0 Å². The number of amides is 1. The van der Waals surface area contributed by atoms with Crippen molar-refractivity contribution in [2.24, 2.45) is 5.73 Å². The zero-order chi connectivity index (χ0) is 15.7. The van der Waals surface area contributed by atoms with Crippen LogP contribution in [0.1, 0.15) is 11.6 Å². The summed E-state index contributed by atoms with van der Waals surface area (Å²) in [6.07, 6.45) is 0. The Bertz CT molecular complexity index is 685. The van der Waals surface area contributed by atoms with Crippen molar-refractivity contribution in [1.29, 1.82) is 0 Å². The first-order valence-electron chi connectivity index (χ1n) is 7.02. The zero-order valence-electron chi connectivity index (χ0n) is 12.5. The van der Waals surface area contributed by atoms with E-state index >= 15 is 0 Å². The molecule has 1 saturated heterocycles. The Morgan fingerprint density at radius 2 is 1.68 bits per heavy atom. The maximum atomic E-state index is 12.2. The molecule has 0 aromatic heterocycles. The number of methoxy groups -OCH3 is 2. The average molecular weight is 298 g/mol. The van der Waals surface area contributed by atoms with Crippen molar-refractivity contribution in [3.05, 3.63) is 54.1 Å². The van der Waals surface area contributed by atoms with Crippen molar-refractivity contribution < 1.29 is 14.3 Å². The second-order valence-electron chi connectivity index (χ2n) is 5.15. The van der Waals surface area contributed by atoms with Gasteiger partial charge in [0.1, 0.15) is 17.5 Å². The van der Waals surface area contributed by atoms with Gasteiger partial charge in [0.05, 0.1) is 20.3 Å². The van der Waals surface area contributed by atoms with E-state index in [9.17, 15) is 4.79 Å². The second kappa shape index (κ2) is 5.69. The first-order chi connectivity index (χ1) is 10.7. The second-order valence-corrected chi connectivity index (χ2v) is 5.15. The normalized spacial score (nSPS) is 20.5. The van der Waals surface area contributed by atoms with Crippen LogP contribution in [0.2, 0.25) is 0 Å². The molecule has 0 spiro atoms. The van der Waals surface area contributed by atoms with Crippen LogP contribution in [0.4, 0.5) is 5.69 Å². The lowest BCUT2D eigenvalue weighted by Gasteiger charge is -2.45. The van der Waals surface area contributed by atoms with E-state index in [2.05, 4.69) is 0 Å². The fourth-order valence-corrected chi connectivity index (χ4v) is 2.72. The number of hydrogen-bond acceptors (Lipinski definition) is 4. The monoisotopic (exact) mass is 298 g/mol. The van der Waals surface area contributed by atoms with Crippen LogP contribution in [0.5, 0.6) is 11.5 Å². The molecule has 1 aliphatic rings. The number of nitrogens with zero attached hydrogens (tertiary/aromatic N) is 1. The van der Waals surface area contributed by atoms with Crippen LogP contribution >= 0.6 is 0 Å². The Labute approximate surface area is 129 Å². The highest BCUT2D eigenvalue weighted by atomic mass is 16.5. The number of carbonyl (C=O) groups excluding carboxylic acids is 1. The lowest BCUT2D eigenvalue weighted by molar-refractivity contribution is -0.126. The minimum absolute atomic E-state index is 0.0852. The molecule has 5 nitrogen and oxygen atoms in total. The molecular weight excluding hydrogens is 280 g/mol. The number of carbonyl (C=O) groups is 1. The molecule has 1 aliphatic heterocycles. The summed E-state index contributed by atoms with van der Waals surface area (Å²) in [6, 6.07) is 14.3. The maximum absolute atomic E-state index is 12.2. The lowest BCUT2D eigenvalue weighted by Crippen LogP contribution is -2.63. The third-order valence-electron chi connectivity index (χ3n) is 3.93. The van der Waals surface area contributed by atoms with E-state index in [-0.39, 0.29) is 11.9 Å². The van der Waals surface area contributed by atoms with Crippen LogP contribution in [0.3, 0.4) is 0 Å². The van der Waals surface area contributed by atoms with Gasteiger partial charge in [0.25, 0.3) is 0 Å². The van der Waals surface area contributed by atoms with Gasteiger partial charge in [-0.2, -0.15) is 0 Å². The maximum Gasteiger partial charge on any atom is 0.247 e. The number of benzene rings is 2. The van der Waals surface area contributed by atoms with Crippen LogP contribution in [-0.2, 0) is 4.79 Å². The van der Waals surface area contributed by atoms with E-state index in [1.807, 2.05) is 48.5 Å². The summed E-state index contributed by atoms with van der Waals surface area (Å²) in [4.78, 5) is 13.9. The smallest absolute Gasteiger partial charge is 0.247 e. The van der Waals surface area contributed by atoms with E-state index in [1.54, 1.807) is 19.1 Å². The fourth-order valence-electron chi connectivity index (χ4n) is 2.72. The van der Waals surface area contributed by atoms with Gasteiger partial charge in [0.15, 0.2) is 0 Å². The van der Waals surface area contributed by atoms with Crippen molar-refractivity contribution in [3.63, 3.8) is 0 Å². The highest BCUT2D eigenvalue weighted by Gasteiger charge is 2.46. The fraction of sp³-hybridized carbons (Fsp3) is 0.235. The minimum Gasteiger partial charge on any atom is -0.497 e. The molecule has 1 amide bonds. The Hall–Kier alpha value is -2.53. The number of β-lactam (4-membered cyclic amide) rings is 1. The first-order valence-corrected chi connectivity index (χ1v) is 7.02. The highest BCUT2D eigenvalue weighted by Crippen LogP contribution is 2.39. The Kier molecular flexibility index (Phi) is 3.73. The van der Waals surface area contributed by atoms with E-state index in [0.717, 1.165) is 22.7 Å². The molecule has 1 fully saturated rings. The lowest BCUT2D eigenvalue weighted by atomic mass is 9.88. The van der Waals surface area contributed by atoms with Crippen LogP contribution in [0, 0.1) is 0 Å². The third-order valence-corrected chi connectivity index (χ3v) is 3.93. The predicted molar refractivity (Wildman–Crippen MR) is 84.2 cm³/mol. The molecule has 0 unspecified atom stereocenters. The number of nitrogens with two attached hydrogens (primary N) is 1. The van der Waals surface area contributed by atoms with E-state index in [1.165, 1.54) is 0 Å². The van der Waals surface area contributed by atoms with Gasteiger partial charge in [-0.25, -0.2) is 0 Å². The molecule has 0 bridgehead atoms. The van der Waals surface area contributed by atoms with Gasteiger partial charge in [-0.3, -0.25) is 4.79 Å². The molecule has 114 valence electrons. The number of rotatable bonds is 4. The molecule has 2 aromatic rings. The van der Waals surface area contributed by atoms with Crippen molar-refractivity contribution in [2.75, 3.05) is 19.1 Å². The summed E-state index contributed by atoms with van der Waals surface area (Å²) in [5, 5.41) is 0. The molecule has 3 rings (SSSR count). The van der Waals surface area contributed by atoms with E-state index < -0.39 is 6.04 Å². The molecular formula is C17H18N2O3. The molecule has 22 heavy (non-hydrogen) atoms. The number of hydrogen-bond donors (Lipinski definition) is 1.